The lowest BCUT2D eigenvalue weighted by Gasteiger charge is -2.10. The molecule has 0 bridgehead atoms. The summed E-state index contributed by atoms with van der Waals surface area (Å²) in [7, 11) is 0. The van der Waals surface area contributed by atoms with Gasteiger partial charge in [0.05, 0.1) is 27.0 Å². The van der Waals surface area contributed by atoms with Crippen molar-refractivity contribution in [1.82, 2.24) is 10.9 Å². The summed E-state index contributed by atoms with van der Waals surface area (Å²) >= 11 is 1.21. The maximum atomic E-state index is 12.8. The molecule has 3 N–H and O–H groups in total. The fourth-order valence-corrected chi connectivity index (χ4v) is 4.67. The number of hydrogen-bond acceptors (Lipinski definition) is 8. The van der Waals surface area contributed by atoms with Crippen molar-refractivity contribution < 1.29 is 24.2 Å². The fraction of sp³-hybridized carbons (Fsp3) is 0.316. The summed E-state index contributed by atoms with van der Waals surface area (Å²) in [6.07, 6.45) is 4.11. The van der Waals surface area contributed by atoms with Crippen LogP contribution in [0.5, 0.6) is 0 Å². The number of amides is 3. The molecule has 3 amide bonds. The van der Waals surface area contributed by atoms with Crippen LogP contribution in [0.4, 0.5) is 16.4 Å². The number of hydrazine groups is 1. The maximum absolute atomic E-state index is 12.8. The number of nitro groups is 2. The van der Waals surface area contributed by atoms with Crippen molar-refractivity contribution >= 4 is 45.4 Å². The van der Waals surface area contributed by atoms with Gasteiger partial charge in [0.2, 0.25) is 5.91 Å². The summed E-state index contributed by atoms with van der Waals surface area (Å²) in [6, 6.07) is 2.62. The van der Waals surface area contributed by atoms with E-state index in [0.29, 0.717) is 6.42 Å². The van der Waals surface area contributed by atoms with Crippen molar-refractivity contribution in [2.45, 2.75) is 39.0 Å². The molecule has 13 heteroatoms. The predicted molar refractivity (Wildman–Crippen MR) is 115 cm³/mol. The number of nitrogens with zero attached hydrogens (tertiary/aromatic N) is 2. The van der Waals surface area contributed by atoms with Crippen molar-refractivity contribution in [1.29, 1.82) is 0 Å². The molecule has 0 radical (unpaired) electrons. The first kappa shape index (κ1) is 22.8. The highest BCUT2D eigenvalue weighted by Gasteiger charge is 2.27. The van der Waals surface area contributed by atoms with E-state index in [0.717, 1.165) is 54.3 Å². The highest BCUT2D eigenvalue weighted by atomic mass is 32.1. The standard InChI is InChI=1S/C19H19N5O7S/c1-10(25)21-22-18(27)16-14-5-3-2-4-6-15(14)32-19(16)20-17(26)11-7-12(23(28)29)9-13(8-11)24(30)31/h7-9H,2-6H2,1H3,(H,20,26)(H,21,25)(H,22,27). The maximum Gasteiger partial charge on any atom is 0.277 e. The number of carbonyl (C=O) groups excluding carboxylic acids is 3. The minimum absolute atomic E-state index is 0.203. The van der Waals surface area contributed by atoms with Crippen LogP contribution in [-0.2, 0) is 17.6 Å². The first-order valence-corrected chi connectivity index (χ1v) is 10.5. The largest absolute Gasteiger partial charge is 0.313 e. The van der Waals surface area contributed by atoms with Gasteiger partial charge >= 0.3 is 0 Å². The Hall–Kier alpha value is -3.87. The monoisotopic (exact) mass is 461 g/mol. The Kier molecular flexibility index (Phi) is 6.78. The second-order valence-corrected chi connectivity index (χ2v) is 8.22. The van der Waals surface area contributed by atoms with Crippen LogP contribution in [-0.4, -0.2) is 27.6 Å². The lowest BCUT2D eigenvalue weighted by Crippen LogP contribution is -2.40. The normalized spacial score (nSPS) is 12.8. The van der Waals surface area contributed by atoms with Gasteiger partial charge in [0.1, 0.15) is 5.00 Å². The molecule has 1 aromatic carbocycles. The lowest BCUT2D eigenvalue weighted by atomic mass is 10.0. The quantitative estimate of drug-likeness (QED) is 0.348. The summed E-state index contributed by atoms with van der Waals surface area (Å²) in [5.74, 6) is -1.92. The number of nitrogens with one attached hydrogen (secondary N) is 3. The molecule has 1 aliphatic carbocycles. The van der Waals surface area contributed by atoms with E-state index in [1.165, 1.54) is 18.3 Å². The number of thiophene rings is 1. The topological polar surface area (TPSA) is 174 Å². The van der Waals surface area contributed by atoms with Crippen LogP contribution in [0.3, 0.4) is 0 Å². The van der Waals surface area contributed by atoms with Gasteiger partial charge in [-0.1, -0.05) is 6.42 Å². The Morgan fingerprint density at radius 2 is 1.53 bits per heavy atom. The molecule has 0 aliphatic heterocycles. The molecule has 1 aliphatic rings. The Balaban J connectivity index is 1.98. The van der Waals surface area contributed by atoms with Crippen molar-refractivity contribution in [2.24, 2.45) is 0 Å². The third-order valence-electron chi connectivity index (χ3n) is 4.81. The summed E-state index contributed by atoms with van der Waals surface area (Å²) in [4.78, 5) is 58.3. The fourth-order valence-electron chi connectivity index (χ4n) is 3.39. The van der Waals surface area contributed by atoms with Crippen molar-refractivity contribution in [3.63, 3.8) is 0 Å². The van der Waals surface area contributed by atoms with Gasteiger partial charge in [-0.2, -0.15) is 0 Å². The van der Waals surface area contributed by atoms with E-state index in [1.54, 1.807) is 0 Å². The van der Waals surface area contributed by atoms with Gasteiger partial charge in [0, 0.05) is 23.9 Å². The first-order valence-electron chi connectivity index (χ1n) is 9.64. The molecule has 168 valence electrons. The Morgan fingerprint density at radius 3 is 2.12 bits per heavy atom. The van der Waals surface area contributed by atoms with E-state index in [-0.39, 0.29) is 16.1 Å². The molecule has 1 aromatic heterocycles. The molecular weight excluding hydrogens is 442 g/mol. The van der Waals surface area contributed by atoms with Crippen LogP contribution in [0.25, 0.3) is 0 Å². The average molecular weight is 461 g/mol. The first-order chi connectivity index (χ1) is 15.2. The van der Waals surface area contributed by atoms with Crippen molar-refractivity contribution in [3.8, 4) is 0 Å². The molecule has 12 nitrogen and oxygen atoms in total. The molecule has 0 atom stereocenters. The van der Waals surface area contributed by atoms with E-state index in [4.69, 9.17) is 0 Å². The SMILES string of the molecule is CC(=O)NNC(=O)c1c(NC(=O)c2cc([N+](=O)[O-])cc([N+](=O)[O-])c2)sc2c1CCCCC2. The van der Waals surface area contributed by atoms with Crippen LogP contribution in [0.15, 0.2) is 18.2 Å². The molecule has 32 heavy (non-hydrogen) atoms. The lowest BCUT2D eigenvalue weighted by molar-refractivity contribution is -0.394. The number of carbonyl (C=O) groups is 3. The summed E-state index contributed by atoms with van der Waals surface area (Å²) in [6.45, 7) is 1.23. The molecular formula is C19H19N5O7S. The number of anilines is 1. The molecule has 2 aromatic rings. The van der Waals surface area contributed by atoms with Gasteiger partial charge in [-0.15, -0.1) is 11.3 Å². The third kappa shape index (κ3) is 5.06. The Bertz CT molecular complexity index is 1100. The van der Waals surface area contributed by atoms with Crippen LogP contribution >= 0.6 is 11.3 Å². The van der Waals surface area contributed by atoms with Crippen LogP contribution in [0, 0.1) is 20.2 Å². The highest BCUT2D eigenvalue weighted by Crippen LogP contribution is 2.38. The third-order valence-corrected chi connectivity index (χ3v) is 6.02. The van der Waals surface area contributed by atoms with E-state index in [1.807, 2.05) is 0 Å². The van der Waals surface area contributed by atoms with E-state index in [2.05, 4.69) is 16.2 Å². The average Bonchev–Trinajstić information content (AvgIpc) is 2.91. The zero-order valence-electron chi connectivity index (χ0n) is 16.9. The van der Waals surface area contributed by atoms with Crippen molar-refractivity contribution in [3.05, 3.63) is 60.0 Å². The highest BCUT2D eigenvalue weighted by molar-refractivity contribution is 7.17. The van der Waals surface area contributed by atoms with Crippen LogP contribution in [0.1, 0.15) is 57.3 Å². The molecule has 0 fully saturated rings. The number of benzene rings is 1. The van der Waals surface area contributed by atoms with Crippen molar-refractivity contribution in [2.75, 3.05) is 5.32 Å². The zero-order valence-corrected chi connectivity index (χ0v) is 17.7. The summed E-state index contributed by atoms with van der Waals surface area (Å²) in [5.41, 5.74) is 3.99. The molecule has 0 saturated carbocycles. The summed E-state index contributed by atoms with van der Waals surface area (Å²) < 4.78 is 0. The number of non-ortho nitro benzene ring substituents is 2. The second-order valence-electron chi connectivity index (χ2n) is 7.11. The zero-order chi connectivity index (χ0) is 23.4. The number of fused-ring (bicyclic) bond motifs is 1. The van der Waals surface area contributed by atoms with Crippen LogP contribution in [0.2, 0.25) is 0 Å². The molecule has 3 rings (SSSR count). The molecule has 0 spiro atoms. The number of nitro benzene ring substituents is 2. The Labute approximate surface area is 185 Å². The summed E-state index contributed by atoms with van der Waals surface area (Å²) in [5, 5.41) is 25.0. The molecule has 0 unspecified atom stereocenters. The second kappa shape index (κ2) is 9.51. The Morgan fingerprint density at radius 1 is 0.906 bits per heavy atom. The van der Waals surface area contributed by atoms with Gasteiger partial charge in [0.15, 0.2) is 0 Å². The van der Waals surface area contributed by atoms with Gasteiger partial charge in [-0.25, -0.2) is 0 Å². The number of rotatable bonds is 5. The van der Waals surface area contributed by atoms with Gasteiger partial charge in [-0.05, 0) is 31.2 Å². The minimum atomic E-state index is -0.832. The van der Waals surface area contributed by atoms with Crippen LogP contribution < -0.4 is 16.2 Å². The number of aryl methyl sites for hydroxylation is 1. The van der Waals surface area contributed by atoms with E-state index < -0.39 is 38.9 Å². The molecule has 0 saturated heterocycles. The van der Waals surface area contributed by atoms with Gasteiger partial charge in [0.25, 0.3) is 23.2 Å². The van der Waals surface area contributed by atoms with Gasteiger partial charge < -0.3 is 5.32 Å². The predicted octanol–water partition coefficient (Wildman–Crippen LogP) is 2.87. The van der Waals surface area contributed by atoms with Gasteiger partial charge in [-0.3, -0.25) is 45.5 Å². The minimum Gasteiger partial charge on any atom is -0.313 e. The van der Waals surface area contributed by atoms with E-state index >= 15 is 0 Å². The number of hydrogen-bond donors (Lipinski definition) is 3. The molecule has 1 heterocycles. The smallest absolute Gasteiger partial charge is 0.277 e. The van der Waals surface area contributed by atoms with E-state index in [9.17, 15) is 34.6 Å².